The Balaban J connectivity index is 1.40. The van der Waals surface area contributed by atoms with Crippen LogP contribution in [-0.2, 0) is 22.6 Å². The molecule has 1 atom stereocenters. The van der Waals surface area contributed by atoms with Crippen molar-refractivity contribution >= 4 is 17.5 Å². The Labute approximate surface area is 184 Å². The Bertz CT molecular complexity index is 909. The second kappa shape index (κ2) is 9.96. The molecular formula is C25H32N4O2. The van der Waals surface area contributed by atoms with Gasteiger partial charge in [0.1, 0.15) is 0 Å². The third-order valence-electron chi connectivity index (χ3n) is 6.38. The lowest BCUT2D eigenvalue weighted by atomic mass is 9.96. The molecule has 0 bridgehead atoms. The Morgan fingerprint density at radius 3 is 2.45 bits per heavy atom. The summed E-state index contributed by atoms with van der Waals surface area (Å²) in [6, 6.07) is 16.4. The smallest absolute Gasteiger partial charge is 0.309 e. The lowest BCUT2D eigenvalue weighted by molar-refractivity contribution is -0.139. The van der Waals surface area contributed by atoms with Crippen molar-refractivity contribution in [1.29, 1.82) is 0 Å². The van der Waals surface area contributed by atoms with Gasteiger partial charge in [-0.15, -0.1) is 0 Å². The van der Waals surface area contributed by atoms with Crippen LogP contribution in [-0.4, -0.2) is 49.9 Å². The molecule has 2 aromatic rings. The van der Waals surface area contributed by atoms with Gasteiger partial charge >= 0.3 is 11.8 Å². The molecule has 0 aliphatic carbocycles. The Kier molecular flexibility index (Phi) is 6.87. The van der Waals surface area contributed by atoms with Crippen LogP contribution in [0.25, 0.3) is 0 Å². The summed E-state index contributed by atoms with van der Waals surface area (Å²) in [5.41, 5.74) is 4.88. The molecule has 1 saturated heterocycles. The lowest BCUT2D eigenvalue weighted by Crippen LogP contribution is -2.43. The summed E-state index contributed by atoms with van der Waals surface area (Å²) in [5.74, 6) is -1.16. The molecule has 0 spiro atoms. The summed E-state index contributed by atoms with van der Waals surface area (Å²) in [5, 5.41) is 5.59. The number of anilines is 1. The first-order valence-electron chi connectivity index (χ1n) is 11.3. The number of hydrogen-bond donors (Lipinski definition) is 2. The molecule has 2 aliphatic heterocycles. The highest BCUT2D eigenvalue weighted by Crippen LogP contribution is 2.31. The molecule has 0 radical (unpaired) electrons. The SMILES string of the molecule is CN1CCCc2cc([C@@H](CNC(=O)C(=O)NCc3ccccc3)N3CCCC3)ccc21. The van der Waals surface area contributed by atoms with Gasteiger partial charge in [0.2, 0.25) is 0 Å². The number of amides is 2. The number of hydrogen-bond acceptors (Lipinski definition) is 4. The Morgan fingerprint density at radius 1 is 0.935 bits per heavy atom. The summed E-state index contributed by atoms with van der Waals surface area (Å²) in [4.78, 5) is 29.5. The van der Waals surface area contributed by atoms with Gasteiger partial charge in [0, 0.05) is 32.4 Å². The minimum Gasteiger partial charge on any atom is -0.374 e. The first-order valence-corrected chi connectivity index (χ1v) is 11.3. The molecule has 2 aromatic carbocycles. The average molecular weight is 421 g/mol. The monoisotopic (exact) mass is 420 g/mol. The third kappa shape index (κ3) is 5.25. The third-order valence-corrected chi connectivity index (χ3v) is 6.38. The molecule has 2 N–H and O–H groups in total. The van der Waals surface area contributed by atoms with Crippen LogP contribution >= 0.6 is 0 Å². The number of likely N-dealkylation sites (tertiary alicyclic amines) is 1. The first-order chi connectivity index (χ1) is 15.1. The zero-order valence-electron chi connectivity index (χ0n) is 18.3. The number of carbonyl (C=O) groups is 2. The Hall–Kier alpha value is -2.86. The van der Waals surface area contributed by atoms with E-state index in [2.05, 4.69) is 45.7 Å². The first kappa shape index (κ1) is 21.4. The van der Waals surface area contributed by atoms with E-state index in [1.165, 1.54) is 36.1 Å². The number of nitrogens with one attached hydrogen (secondary N) is 2. The van der Waals surface area contributed by atoms with Crippen LogP contribution in [0.4, 0.5) is 5.69 Å². The topological polar surface area (TPSA) is 64.7 Å². The zero-order chi connectivity index (χ0) is 21.6. The summed E-state index contributed by atoms with van der Waals surface area (Å²) in [6.45, 7) is 3.93. The fraction of sp³-hybridized carbons (Fsp3) is 0.440. The van der Waals surface area contributed by atoms with Crippen LogP contribution in [0.3, 0.4) is 0 Å². The lowest BCUT2D eigenvalue weighted by Gasteiger charge is -2.31. The van der Waals surface area contributed by atoms with Crippen LogP contribution in [0.2, 0.25) is 0 Å². The van der Waals surface area contributed by atoms with Gasteiger partial charge in [-0.1, -0.05) is 42.5 Å². The number of nitrogens with zero attached hydrogens (tertiary/aromatic N) is 2. The average Bonchev–Trinajstić information content (AvgIpc) is 3.33. The maximum atomic E-state index is 12.4. The van der Waals surface area contributed by atoms with Crippen LogP contribution in [0.1, 0.15) is 42.0 Å². The van der Waals surface area contributed by atoms with Crippen molar-refractivity contribution in [3.63, 3.8) is 0 Å². The molecule has 2 heterocycles. The van der Waals surface area contributed by atoms with Gasteiger partial charge in [0.25, 0.3) is 0 Å². The van der Waals surface area contributed by atoms with Crippen molar-refractivity contribution in [1.82, 2.24) is 15.5 Å². The highest BCUT2D eigenvalue weighted by molar-refractivity contribution is 6.35. The van der Waals surface area contributed by atoms with E-state index in [1.807, 2.05) is 30.3 Å². The van der Waals surface area contributed by atoms with Crippen molar-refractivity contribution in [2.75, 3.05) is 38.1 Å². The minimum atomic E-state index is -0.587. The van der Waals surface area contributed by atoms with Gasteiger partial charge in [-0.05, 0) is 61.5 Å². The molecule has 31 heavy (non-hydrogen) atoms. The minimum absolute atomic E-state index is 0.0888. The predicted octanol–water partition coefficient (Wildman–Crippen LogP) is 2.64. The molecule has 2 aliphatic rings. The molecule has 0 unspecified atom stereocenters. The van der Waals surface area contributed by atoms with Crippen LogP contribution in [0.15, 0.2) is 48.5 Å². The van der Waals surface area contributed by atoms with E-state index >= 15 is 0 Å². The number of benzene rings is 2. The van der Waals surface area contributed by atoms with E-state index in [9.17, 15) is 9.59 Å². The van der Waals surface area contributed by atoms with Gasteiger partial charge in [-0.25, -0.2) is 0 Å². The van der Waals surface area contributed by atoms with Crippen LogP contribution in [0, 0.1) is 0 Å². The summed E-state index contributed by atoms with van der Waals surface area (Å²) in [7, 11) is 2.14. The van der Waals surface area contributed by atoms with Crippen molar-refractivity contribution in [3.05, 3.63) is 65.2 Å². The molecule has 4 rings (SSSR count). The maximum Gasteiger partial charge on any atom is 0.309 e. The molecular weight excluding hydrogens is 388 g/mol. The predicted molar refractivity (Wildman–Crippen MR) is 123 cm³/mol. The summed E-state index contributed by atoms with van der Waals surface area (Å²) >= 11 is 0. The van der Waals surface area contributed by atoms with Gasteiger partial charge in [-0.2, -0.15) is 0 Å². The number of fused-ring (bicyclic) bond motifs is 1. The second-order valence-electron chi connectivity index (χ2n) is 8.55. The van der Waals surface area contributed by atoms with E-state index < -0.39 is 11.8 Å². The van der Waals surface area contributed by atoms with Crippen molar-refractivity contribution < 1.29 is 9.59 Å². The standard InChI is InChI=1S/C25H32N4O2/c1-28-13-7-10-20-16-21(11-12-22(20)28)23(29-14-5-6-15-29)18-27-25(31)24(30)26-17-19-8-3-2-4-9-19/h2-4,8-9,11-12,16,23H,5-7,10,13-15,17-18H2,1H3,(H,26,30)(H,27,31)/t23-/m1/s1. The Morgan fingerprint density at radius 2 is 1.68 bits per heavy atom. The van der Waals surface area contributed by atoms with Gasteiger partial charge in [0.15, 0.2) is 0 Å². The van der Waals surface area contributed by atoms with E-state index in [1.54, 1.807) is 0 Å². The molecule has 164 valence electrons. The molecule has 6 nitrogen and oxygen atoms in total. The maximum absolute atomic E-state index is 12.4. The fourth-order valence-corrected chi connectivity index (χ4v) is 4.65. The molecule has 2 amide bonds. The second-order valence-corrected chi connectivity index (χ2v) is 8.55. The normalized spacial score (nSPS) is 17.1. The zero-order valence-corrected chi connectivity index (χ0v) is 18.3. The van der Waals surface area contributed by atoms with Gasteiger partial charge in [0.05, 0.1) is 6.04 Å². The highest BCUT2D eigenvalue weighted by Gasteiger charge is 2.26. The number of carbonyl (C=O) groups excluding carboxylic acids is 2. The van der Waals surface area contributed by atoms with Crippen LogP contribution < -0.4 is 15.5 Å². The summed E-state index contributed by atoms with van der Waals surface area (Å²) < 4.78 is 0. The van der Waals surface area contributed by atoms with Crippen molar-refractivity contribution in [2.45, 2.75) is 38.3 Å². The quantitative estimate of drug-likeness (QED) is 0.706. The molecule has 6 heteroatoms. The summed E-state index contributed by atoms with van der Waals surface area (Å²) in [6.07, 6.45) is 4.61. The fourth-order valence-electron chi connectivity index (χ4n) is 4.65. The highest BCUT2D eigenvalue weighted by atomic mass is 16.2. The van der Waals surface area contributed by atoms with Gasteiger partial charge < -0.3 is 15.5 Å². The number of rotatable bonds is 6. The van der Waals surface area contributed by atoms with Crippen molar-refractivity contribution in [2.24, 2.45) is 0 Å². The molecule has 1 fully saturated rings. The number of aryl methyl sites for hydroxylation is 1. The van der Waals surface area contributed by atoms with E-state index in [-0.39, 0.29) is 6.04 Å². The van der Waals surface area contributed by atoms with E-state index in [4.69, 9.17) is 0 Å². The molecule has 0 aromatic heterocycles. The van der Waals surface area contributed by atoms with Gasteiger partial charge in [-0.3, -0.25) is 14.5 Å². The largest absolute Gasteiger partial charge is 0.374 e. The van der Waals surface area contributed by atoms with E-state index in [0.717, 1.165) is 31.6 Å². The molecule has 0 saturated carbocycles. The van der Waals surface area contributed by atoms with E-state index in [0.29, 0.717) is 13.1 Å². The van der Waals surface area contributed by atoms with Crippen molar-refractivity contribution in [3.8, 4) is 0 Å². The van der Waals surface area contributed by atoms with Crippen LogP contribution in [0.5, 0.6) is 0 Å².